The predicted molar refractivity (Wildman–Crippen MR) is 167 cm³/mol. The average molecular weight is 601 g/mol. The first-order valence-electron chi connectivity index (χ1n) is 15.7. The first kappa shape index (κ1) is 30.0. The highest BCUT2D eigenvalue weighted by Gasteiger charge is 2.49. The van der Waals surface area contributed by atoms with Gasteiger partial charge < -0.3 is 28.6 Å². The highest BCUT2D eigenvalue weighted by atomic mass is 16.6. The Labute approximate surface area is 260 Å². The molecule has 2 fully saturated rings. The number of hydrogen-bond donors (Lipinski definition) is 0. The zero-order valence-electron chi connectivity index (χ0n) is 26.8. The molecule has 3 aromatic rings. The van der Waals surface area contributed by atoms with E-state index < -0.39 is 16.7 Å². The van der Waals surface area contributed by atoms with Gasteiger partial charge in [0.25, 0.3) is 0 Å². The standard InChI is InChI=1S/C35H44N4O5/c1-33(2,3)44-32(41)39-19-16-25(22-34(39,4)5)30-36-28-26-14-10-11-15-27(26)43-35(29(28)37(30)6)17-20-38(21-18-35)31(40)42-23-24-12-8-7-9-13-24/h7-15,25H,16-23H2,1-6H3/t25-/m1/s1. The van der Waals surface area contributed by atoms with Crippen LogP contribution in [0.1, 0.15) is 83.3 Å². The molecular weight excluding hydrogens is 556 g/mol. The van der Waals surface area contributed by atoms with Crippen LogP contribution >= 0.6 is 0 Å². The lowest BCUT2D eigenvalue weighted by Gasteiger charge is -2.45. The number of carbonyl (C=O) groups excluding carboxylic acids is 2. The fourth-order valence-corrected chi connectivity index (χ4v) is 7.08. The van der Waals surface area contributed by atoms with Crippen LogP contribution in [0.5, 0.6) is 5.75 Å². The number of hydrogen-bond acceptors (Lipinski definition) is 6. The van der Waals surface area contributed by atoms with E-state index in [2.05, 4.69) is 31.5 Å². The Morgan fingerprint density at radius 3 is 2.34 bits per heavy atom. The van der Waals surface area contributed by atoms with Gasteiger partial charge in [-0.3, -0.25) is 0 Å². The highest BCUT2D eigenvalue weighted by Crippen LogP contribution is 2.51. The molecule has 3 aliphatic heterocycles. The van der Waals surface area contributed by atoms with Gasteiger partial charge >= 0.3 is 12.2 Å². The Morgan fingerprint density at radius 2 is 1.66 bits per heavy atom. The molecule has 3 aliphatic rings. The van der Waals surface area contributed by atoms with Gasteiger partial charge in [0.15, 0.2) is 5.60 Å². The number of carbonyl (C=O) groups is 2. The Bertz CT molecular complexity index is 1530. The minimum absolute atomic E-state index is 0.163. The molecule has 0 saturated carbocycles. The van der Waals surface area contributed by atoms with Gasteiger partial charge in [-0.15, -0.1) is 0 Å². The lowest BCUT2D eigenvalue weighted by atomic mass is 9.82. The molecule has 1 spiro atoms. The van der Waals surface area contributed by atoms with Gasteiger partial charge in [-0.05, 0) is 65.2 Å². The summed E-state index contributed by atoms with van der Waals surface area (Å²) in [6.45, 7) is 11.8. The van der Waals surface area contributed by atoms with Crippen molar-refractivity contribution in [3.63, 3.8) is 0 Å². The molecule has 0 radical (unpaired) electrons. The molecule has 0 aliphatic carbocycles. The van der Waals surface area contributed by atoms with Gasteiger partial charge in [-0.25, -0.2) is 14.6 Å². The zero-order valence-corrected chi connectivity index (χ0v) is 26.8. The Morgan fingerprint density at radius 1 is 0.977 bits per heavy atom. The third kappa shape index (κ3) is 5.64. The first-order valence-corrected chi connectivity index (χ1v) is 15.7. The molecule has 1 aromatic heterocycles. The maximum Gasteiger partial charge on any atom is 0.410 e. The molecule has 0 N–H and O–H groups in total. The van der Waals surface area contributed by atoms with E-state index in [9.17, 15) is 9.59 Å². The average Bonchev–Trinajstić information content (AvgIpc) is 3.33. The van der Waals surface area contributed by atoms with Gasteiger partial charge in [0.2, 0.25) is 0 Å². The largest absolute Gasteiger partial charge is 0.480 e. The minimum Gasteiger partial charge on any atom is -0.480 e. The summed E-state index contributed by atoms with van der Waals surface area (Å²) in [5.74, 6) is 2.00. The fourth-order valence-electron chi connectivity index (χ4n) is 7.08. The summed E-state index contributed by atoms with van der Waals surface area (Å²) in [6.07, 6.45) is 2.27. The molecule has 6 rings (SSSR count). The third-order valence-corrected chi connectivity index (χ3v) is 9.20. The second-order valence-corrected chi connectivity index (χ2v) is 14.0. The summed E-state index contributed by atoms with van der Waals surface area (Å²) in [6, 6.07) is 17.8. The van der Waals surface area contributed by atoms with Crippen LogP contribution in [0.2, 0.25) is 0 Å². The zero-order chi connectivity index (χ0) is 31.3. The van der Waals surface area contributed by atoms with Crippen LogP contribution in [-0.2, 0) is 28.7 Å². The lowest BCUT2D eigenvalue weighted by Crippen LogP contribution is -2.54. The quantitative estimate of drug-likeness (QED) is 0.322. The van der Waals surface area contributed by atoms with Crippen LogP contribution in [0, 0.1) is 0 Å². The van der Waals surface area contributed by atoms with Crippen LogP contribution in [-0.4, -0.2) is 62.3 Å². The summed E-state index contributed by atoms with van der Waals surface area (Å²) in [5, 5.41) is 0. The number of ether oxygens (including phenoxy) is 3. The van der Waals surface area contributed by atoms with Gasteiger partial charge in [-0.2, -0.15) is 0 Å². The Hall–Kier alpha value is -4.01. The number of likely N-dealkylation sites (tertiary alicyclic amines) is 2. The SMILES string of the molecule is Cn1c([C@@H]2CCN(C(=O)OC(C)(C)C)C(C)(C)C2)nc2c1C1(CCN(C(=O)OCc3ccccc3)CC1)Oc1ccccc1-2. The summed E-state index contributed by atoms with van der Waals surface area (Å²) < 4.78 is 20.5. The smallest absolute Gasteiger partial charge is 0.410 e. The van der Waals surface area contributed by atoms with Gasteiger partial charge in [-0.1, -0.05) is 42.5 Å². The van der Waals surface area contributed by atoms with Crippen molar-refractivity contribution in [2.75, 3.05) is 19.6 Å². The van der Waals surface area contributed by atoms with E-state index in [1.54, 1.807) is 4.90 Å². The number of nitrogens with zero attached hydrogens (tertiary/aromatic N) is 4. The number of rotatable bonds is 3. The highest BCUT2D eigenvalue weighted by molar-refractivity contribution is 5.74. The first-order chi connectivity index (χ1) is 20.9. The second kappa shape index (κ2) is 11.2. The maximum atomic E-state index is 13.1. The van der Waals surface area contributed by atoms with Gasteiger partial charge in [0.05, 0.1) is 11.4 Å². The molecule has 1 atom stereocenters. The molecule has 0 bridgehead atoms. The summed E-state index contributed by atoms with van der Waals surface area (Å²) in [5.41, 5.74) is 2.44. The Kier molecular flexibility index (Phi) is 7.62. The molecular formula is C35H44N4O5. The summed E-state index contributed by atoms with van der Waals surface area (Å²) in [4.78, 5) is 35.0. The normalized spacial score (nSPS) is 20.4. The fraction of sp³-hybridized carbons (Fsp3) is 0.514. The molecule has 234 valence electrons. The van der Waals surface area contributed by atoms with Crippen molar-refractivity contribution >= 4 is 12.2 Å². The number of para-hydroxylation sites is 1. The molecule has 2 saturated heterocycles. The number of aromatic nitrogens is 2. The molecule has 0 unspecified atom stereocenters. The molecule has 4 heterocycles. The number of piperidine rings is 2. The monoisotopic (exact) mass is 600 g/mol. The van der Waals surface area contributed by atoms with E-state index >= 15 is 0 Å². The van der Waals surface area contributed by atoms with Crippen molar-refractivity contribution in [3.8, 4) is 17.0 Å². The van der Waals surface area contributed by atoms with E-state index in [1.165, 1.54) is 0 Å². The van der Waals surface area contributed by atoms with Crippen LogP contribution in [0.15, 0.2) is 54.6 Å². The molecule has 44 heavy (non-hydrogen) atoms. The topological polar surface area (TPSA) is 86.1 Å². The molecule has 9 nitrogen and oxygen atoms in total. The predicted octanol–water partition coefficient (Wildman–Crippen LogP) is 7.00. The van der Waals surface area contributed by atoms with Crippen LogP contribution in [0.3, 0.4) is 0 Å². The van der Waals surface area contributed by atoms with Gasteiger partial charge in [0, 0.05) is 56.5 Å². The van der Waals surface area contributed by atoms with Crippen LogP contribution < -0.4 is 4.74 Å². The molecule has 2 amide bonds. The number of benzene rings is 2. The van der Waals surface area contributed by atoms with E-state index in [4.69, 9.17) is 19.2 Å². The summed E-state index contributed by atoms with van der Waals surface area (Å²) >= 11 is 0. The van der Waals surface area contributed by atoms with Crippen molar-refractivity contribution < 1.29 is 23.8 Å². The van der Waals surface area contributed by atoms with Crippen molar-refractivity contribution in [1.29, 1.82) is 0 Å². The number of amides is 2. The van der Waals surface area contributed by atoms with E-state index in [-0.39, 0.29) is 24.7 Å². The van der Waals surface area contributed by atoms with Crippen molar-refractivity contribution in [2.24, 2.45) is 7.05 Å². The number of fused-ring (bicyclic) bond motifs is 4. The van der Waals surface area contributed by atoms with Crippen LogP contribution in [0.25, 0.3) is 11.3 Å². The Balaban J connectivity index is 1.24. The minimum atomic E-state index is -0.605. The lowest BCUT2D eigenvalue weighted by molar-refractivity contribution is -0.0123. The number of imidazole rings is 1. The maximum absolute atomic E-state index is 13.1. The van der Waals surface area contributed by atoms with Crippen molar-refractivity contribution in [1.82, 2.24) is 19.4 Å². The second-order valence-electron chi connectivity index (χ2n) is 14.0. The van der Waals surface area contributed by atoms with E-state index in [0.29, 0.717) is 32.5 Å². The molecule has 9 heteroatoms. The van der Waals surface area contributed by atoms with Gasteiger partial charge in [0.1, 0.15) is 23.8 Å². The van der Waals surface area contributed by atoms with E-state index in [1.807, 2.05) is 74.2 Å². The van der Waals surface area contributed by atoms with Crippen molar-refractivity contribution in [2.45, 2.75) is 89.6 Å². The third-order valence-electron chi connectivity index (χ3n) is 9.20. The van der Waals surface area contributed by atoms with E-state index in [0.717, 1.165) is 46.9 Å². The van der Waals surface area contributed by atoms with Crippen molar-refractivity contribution in [3.05, 3.63) is 71.7 Å². The summed E-state index contributed by atoms with van der Waals surface area (Å²) in [7, 11) is 2.09. The molecule has 2 aromatic carbocycles. The van der Waals surface area contributed by atoms with Crippen LogP contribution in [0.4, 0.5) is 9.59 Å².